The molecule has 0 aromatic carbocycles. The van der Waals surface area contributed by atoms with Crippen molar-refractivity contribution in [1.82, 2.24) is 15.5 Å². The first-order valence-corrected chi connectivity index (χ1v) is 6.33. The van der Waals surface area contributed by atoms with Gasteiger partial charge in [0, 0.05) is 26.2 Å². The summed E-state index contributed by atoms with van der Waals surface area (Å²) >= 11 is 0. The Morgan fingerprint density at radius 2 is 2.11 bits per heavy atom. The number of carbonyl (C=O) groups excluding carboxylic acids is 2. The summed E-state index contributed by atoms with van der Waals surface area (Å²) in [6.07, 6.45) is -0.430. The van der Waals surface area contributed by atoms with Crippen LogP contribution in [0.1, 0.15) is 27.7 Å². The maximum atomic E-state index is 12.0. The Morgan fingerprint density at radius 1 is 1.44 bits per heavy atom. The van der Waals surface area contributed by atoms with Gasteiger partial charge in [0.2, 0.25) is 5.91 Å². The van der Waals surface area contributed by atoms with Gasteiger partial charge in [0.05, 0.1) is 0 Å². The molecular weight excluding hydrogens is 234 g/mol. The number of rotatable bonds is 2. The highest BCUT2D eigenvalue weighted by molar-refractivity contribution is 5.86. The summed E-state index contributed by atoms with van der Waals surface area (Å²) in [6, 6.07) is -0.492. The molecule has 1 rings (SSSR count). The van der Waals surface area contributed by atoms with E-state index in [4.69, 9.17) is 4.74 Å². The summed E-state index contributed by atoms with van der Waals surface area (Å²) < 4.78 is 5.31. The van der Waals surface area contributed by atoms with E-state index in [-0.39, 0.29) is 5.91 Å². The van der Waals surface area contributed by atoms with Crippen molar-refractivity contribution in [2.45, 2.75) is 39.3 Å². The van der Waals surface area contributed by atoms with Crippen molar-refractivity contribution in [1.29, 1.82) is 0 Å². The number of ether oxygens (including phenoxy) is 1. The van der Waals surface area contributed by atoms with Gasteiger partial charge >= 0.3 is 6.09 Å². The molecule has 0 radical (unpaired) electrons. The third kappa shape index (κ3) is 4.18. The quantitative estimate of drug-likeness (QED) is 0.748. The molecule has 1 aliphatic heterocycles. The lowest BCUT2D eigenvalue weighted by molar-refractivity contribution is -0.126. The van der Waals surface area contributed by atoms with Gasteiger partial charge in [-0.25, -0.2) is 4.79 Å². The van der Waals surface area contributed by atoms with Crippen molar-refractivity contribution in [3.05, 3.63) is 0 Å². The zero-order valence-electron chi connectivity index (χ0n) is 11.6. The Labute approximate surface area is 108 Å². The minimum atomic E-state index is -0.548. The molecule has 0 aromatic heterocycles. The third-order valence-electron chi connectivity index (χ3n) is 2.53. The monoisotopic (exact) mass is 257 g/mol. The highest BCUT2D eigenvalue weighted by Gasteiger charge is 2.34. The largest absolute Gasteiger partial charge is 0.444 e. The van der Waals surface area contributed by atoms with E-state index in [1.807, 2.05) is 27.7 Å². The van der Waals surface area contributed by atoms with Crippen LogP contribution in [0.2, 0.25) is 0 Å². The molecule has 1 heterocycles. The molecule has 18 heavy (non-hydrogen) atoms. The van der Waals surface area contributed by atoms with E-state index in [2.05, 4.69) is 10.6 Å². The molecular formula is C12H23N3O3. The number of likely N-dealkylation sites (N-methyl/N-ethyl adjacent to an activating group) is 1. The molecule has 1 unspecified atom stereocenters. The first kappa shape index (κ1) is 14.8. The predicted octanol–water partition coefficient (Wildman–Crippen LogP) is 0.331. The van der Waals surface area contributed by atoms with Gasteiger partial charge in [0.15, 0.2) is 0 Å². The molecule has 2 amide bonds. The molecule has 6 nitrogen and oxygen atoms in total. The average Bonchev–Trinajstić information content (AvgIpc) is 2.27. The van der Waals surface area contributed by atoms with Crippen LogP contribution < -0.4 is 10.6 Å². The predicted molar refractivity (Wildman–Crippen MR) is 68.3 cm³/mol. The summed E-state index contributed by atoms with van der Waals surface area (Å²) in [5.74, 6) is -0.143. The van der Waals surface area contributed by atoms with Crippen molar-refractivity contribution in [3.63, 3.8) is 0 Å². The fourth-order valence-corrected chi connectivity index (χ4v) is 1.77. The molecule has 104 valence electrons. The van der Waals surface area contributed by atoms with E-state index in [0.717, 1.165) is 0 Å². The second-order valence-corrected chi connectivity index (χ2v) is 5.29. The SMILES string of the molecule is CCNC(=O)C1CNCCN1C(=O)OC(C)(C)C. The summed E-state index contributed by atoms with van der Waals surface area (Å²) in [4.78, 5) is 25.4. The number of nitrogens with zero attached hydrogens (tertiary/aromatic N) is 1. The molecule has 0 aromatic rings. The maximum Gasteiger partial charge on any atom is 0.411 e. The first-order valence-electron chi connectivity index (χ1n) is 6.33. The summed E-state index contributed by atoms with van der Waals surface area (Å²) in [5, 5.41) is 5.85. The number of carbonyl (C=O) groups is 2. The molecule has 0 bridgehead atoms. The number of piperazine rings is 1. The van der Waals surface area contributed by atoms with Gasteiger partial charge in [0.1, 0.15) is 11.6 Å². The molecule has 0 spiro atoms. The Hall–Kier alpha value is -1.30. The van der Waals surface area contributed by atoms with Crippen LogP contribution in [0.15, 0.2) is 0 Å². The second kappa shape index (κ2) is 6.04. The number of hydrogen-bond acceptors (Lipinski definition) is 4. The smallest absolute Gasteiger partial charge is 0.411 e. The molecule has 1 saturated heterocycles. The van der Waals surface area contributed by atoms with Crippen LogP contribution in [0.5, 0.6) is 0 Å². The van der Waals surface area contributed by atoms with E-state index in [1.165, 1.54) is 4.90 Å². The Balaban J connectivity index is 2.70. The van der Waals surface area contributed by atoms with Gasteiger partial charge in [-0.3, -0.25) is 9.69 Å². The molecule has 6 heteroatoms. The second-order valence-electron chi connectivity index (χ2n) is 5.29. The summed E-state index contributed by atoms with van der Waals surface area (Å²) in [6.45, 7) is 9.47. The maximum absolute atomic E-state index is 12.0. The van der Waals surface area contributed by atoms with Crippen molar-refractivity contribution in [3.8, 4) is 0 Å². The van der Waals surface area contributed by atoms with Gasteiger partial charge in [-0.15, -0.1) is 0 Å². The number of hydrogen-bond donors (Lipinski definition) is 2. The van der Waals surface area contributed by atoms with Gasteiger partial charge in [-0.1, -0.05) is 0 Å². The normalized spacial score (nSPS) is 20.4. The van der Waals surface area contributed by atoms with Crippen LogP contribution in [0.25, 0.3) is 0 Å². The third-order valence-corrected chi connectivity index (χ3v) is 2.53. The van der Waals surface area contributed by atoms with E-state index >= 15 is 0 Å². The molecule has 1 atom stereocenters. The zero-order chi connectivity index (χ0) is 13.8. The highest BCUT2D eigenvalue weighted by atomic mass is 16.6. The van der Waals surface area contributed by atoms with Crippen LogP contribution in [0.4, 0.5) is 4.79 Å². The van der Waals surface area contributed by atoms with Gasteiger partial charge < -0.3 is 15.4 Å². The molecule has 2 N–H and O–H groups in total. The Kier molecular flexibility index (Phi) is 4.95. The Bertz CT molecular complexity index is 312. The van der Waals surface area contributed by atoms with Crippen molar-refractivity contribution < 1.29 is 14.3 Å². The number of amides is 2. The fourth-order valence-electron chi connectivity index (χ4n) is 1.77. The van der Waals surface area contributed by atoms with Gasteiger partial charge in [-0.2, -0.15) is 0 Å². The molecule has 0 aliphatic carbocycles. The number of nitrogens with one attached hydrogen (secondary N) is 2. The summed E-state index contributed by atoms with van der Waals surface area (Å²) in [7, 11) is 0. The van der Waals surface area contributed by atoms with E-state index in [1.54, 1.807) is 0 Å². The minimum absolute atomic E-state index is 0.143. The average molecular weight is 257 g/mol. The highest BCUT2D eigenvalue weighted by Crippen LogP contribution is 2.13. The van der Waals surface area contributed by atoms with Crippen molar-refractivity contribution >= 4 is 12.0 Å². The van der Waals surface area contributed by atoms with Gasteiger partial charge in [-0.05, 0) is 27.7 Å². The minimum Gasteiger partial charge on any atom is -0.444 e. The van der Waals surface area contributed by atoms with E-state index in [0.29, 0.717) is 26.2 Å². The molecule has 0 saturated carbocycles. The lowest BCUT2D eigenvalue weighted by atomic mass is 10.1. The molecule has 1 fully saturated rings. The first-order chi connectivity index (χ1) is 8.35. The van der Waals surface area contributed by atoms with Crippen LogP contribution in [-0.2, 0) is 9.53 Å². The van der Waals surface area contributed by atoms with Crippen molar-refractivity contribution in [2.75, 3.05) is 26.2 Å². The molecule has 1 aliphatic rings. The topological polar surface area (TPSA) is 70.7 Å². The van der Waals surface area contributed by atoms with Crippen LogP contribution in [0, 0.1) is 0 Å². The van der Waals surface area contributed by atoms with E-state index < -0.39 is 17.7 Å². The van der Waals surface area contributed by atoms with Crippen molar-refractivity contribution in [2.24, 2.45) is 0 Å². The fraction of sp³-hybridized carbons (Fsp3) is 0.833. The van der Waals surface area contributed by atoms with Crippen LogP contribution in [0.3, 0.4) is 0 Å². The van der Waals surface area contributed by atoms with Gasteiger partial charge in [0.25, 0.3) is 0 Å². The summed E-state index contributed by atoms with van der Waals surface area (Å²) in [5.41, 5.74) is -0.548. The van der Waals surface area contributed by atoms with E-state index in [9.17, 15) is 9.59 Å². The van der Waals surface area contributed by atoms with Crippen LogP contribution in [-0.4, -0.2) is 54.7 Å². The standard InChI is InChI=1S/C12H23N3O3/c1-5-14-10(16)9-8-13-6-7-15(9)11(17)18-12(2,3)4/h9,13H,5-8H2,1-4H3,(H,14,16). The zero-order valence-corrected chi connectivity index (χ0v) is 11.6. The lowest BCUT2D eigenvalue weighted by Crippen LogP contribution is -2.60. The lowest BCUT2D eigenvalue weighted by Gasteiger charge is -2.36. The van der Waals surface area contributed by atoms with Crippen LogP contribution >= 0.6 is 0 Å². The Morgan fingerprint density at radius 3 is 2.67 bits per heavy atom.